The van der Waals surface area contributed by atoms with Crippen LogP contribution in [0, 0.1) is 0 Å². The van der Waals surface area contributed by atoms with Crippen LogP contribution in [0.1, 0.15) is 22.8 Å². The maximum atomic E-state index is 12.6. The number of nitrogens with zero attached hydrogens (tertiary/aromatic N) is 2. The minimum Gasteiger partial charge on any atom is -0.497 e. The third-order valence-corrected chi connectivity index (χ3v) is 3.20. The van der Waals surface area contributed by atoms with E-state index in [0.717, 1.165) is 5.56 Å². The maximum Gasteiger partial charge on any atom is 0.254 e. The molecule has 5 nitrogen and oxygen atoms in total. The number of nitrogens with two attached hydrogens (primary N) is 1. The summed E-state index contributed by atoms with van der Waals surface area (Å²) in [5.74, 6) is 0.512. The molecule has 5 heteroatoms. The zero-order valence-electron chi connectivity index (χ0n) is 12.2. The van der Waals surface area contributed by atoms with Crippen LogP contribution in [-0.4, -0.2) is 29.4 Å². The standard InChI is InChI=1S/C16H19N3O2/c1-3-19(11-12-4-6-18-7-5-12)16(20)13-8-14(17)10-15(9-13)21-2/h4-10H,3,11,17H2,1-2H3. The summed E-state index contributed by atoms with van der Waals surface area (Å²) in [5, 5.41) is 0. The first kappa shape index (κ1) is 14.8. The van der Waals surface area contributed by atoms with E-state index in [1.807, 2.05) is 19.1 Å². The zero-order chi connectivity index (χ0) is 15.2. The molecule has 0 radical (unpaired) electrons. The summed E-state index contributed by atoms with van der Waals surface area (Å²) in [4.78, 5) is 18.3. The van der Waals surface area contributed by atoms with E-state index in [1.165, 1.54) is 0 Å². The SMILES string of the molecule is CCN(Cc1ccncc1)C(=O)c1cc(N)cc(OC)c1. The summed E-state index contributed by atoms with van der Waals surface area (Å²) >= 11 is 0. The Kier molecular flexibility index (Phi) is 4.77. The first-order chi connectivity index (χ1) is 10.1. The van der Waals surface area contributed by atoms with Crippen molar-refractivity contribution < 1.29 is 9.53 Å². The van der Waals surface area contributed by atoms with Gasteiger partial charge in [0.25, 0.3) is 5.91 Å². The monoisotopic (exact) mass is 285 g/mol. The summed E-state index contributed by atoms with van der Waals surface area (Å²) in [7, 11) is 1.55. The lowest BCUT2D eigenvalue weighted by atomic mass is 10.1. The maximum absolute atomic E-state index is 12.6. The van der Waals surface area contributed by atoms with Crippen LogP contribution in [0.4, 0.5) is 5.69 Å². The molecule has 2 rings (SSSR count). The summed E-state index contributed by atoms with van der Waals surface area (Å²) in [5.41, 5.74) is 7.89. The highest BCUT2D eigenvalue weighted by molar-refractivity contribution is 5.95. The molecule has 21 heavy (non-hydrogen) atoms. The second kappa shape index (κ2) is 6.74. The third-order valence-electron chi connectivity index (χ3n) is 3.20. The van der Waals surface area contributed by atoms with E-state index >= 15 is 0 Å². The smallest absolute Gasteiger partial charge is 0.254 e. The van der Waals surface area contributed by atoms with Crippen molar-refractivity contribution in [3.63, 3.8) is 0 Å². The summed E-state index contributed by atoms with van der Waals surface area (Å²) in [6.45, 7) is 3.09. The van der Waals surface area contributed by atoms with Crippen LogP contribution in [0.25, 0.3) is 0 Å². The largest absolute Gasteiger partial charge is 0.497 e. The van der Waals surface area contributed by atoms with Crippen molar-refractivity contribution in [2.75, 3.05) is 19.4 Å². The van der Waals surface area contributed by atoms with Gasteiger partial charge in [0.05, 0.1) is 7.11 Å². The number of hydrogen-bond donors (Lipinski definition) is 1. The molecule has 0 saturated heterocycles. The molecular formula is C16H19N3O2. The van der Waals surface area contributed by atoms with Gasteiger partial charge in [0.2, 0.25) is 0 Å². The van der Waals surface area contributed by atoms with Gasteiger partial charge in [-0.1, -0.05) is 0 Å². The fraction of sp³-hybridized carbons (Fsp3) is 0.250. The molecule has 2 N–H and O–H groups in total. The Bertz CT molecular complexity index is 614. The molecule has 0 fully saturated rings. The Hall–Kier alpha value is -2.56. The summed E-state index contributed by atoms with van der Waals surface area (Å²) < 4.78 is 5.16. The van der Waals surface area contributed by atoms with E-state index in [0.29, 0.717) is 30.1 Å². The van der Waals surface area contributed by atoms with Crippen LogP contribution in [0.15, 0.2) is 42.7 Å². The van der Waals surface area contributed by atoms with Crippen LogP contribution in [0.3, 0.4) is 0 Å². The number of carbonyl (C=O) groups is 1. The number of carbonyl (C=O) groups excluding carboxylic acids is 1. The van der Waals surface area contributed by atoms with Crippen LogP contribution < -0.4 is 10.5 Å². The lowest BCUT2D eigenvalue weighted by Gasteiger charge is -2.21. The molecule has 0 unspecified atom stereocenters. The topological polar surface area (TPSA) is 68.5 Å². The van der Waals surface area contributed by atoms with Gasteiger partial charge in [0, 0.05) is 42.8 Å². The average Bonchev–Trinajstić information content (AvgIpc) is 2.52. The Balaban J connectivity index is 2.22. The van der Waals surface area contributed by atoms with E-state index in [1.54, 1.807) is 42.6 Å². The summed E-state index contributed by atoms with van der Waals surface area (Å²) in [6.07, 6.45) is 3.44. The Morgan fingerprint density at radius 1 is 1.29 bits per heavy atom. The van der Waals surface area contributed by atoms with Crippen molar-refractivity contribution in [3.05, 3.63) is 53.9 Å². The number of aromatic nitrogens is 1. The van der Waals surface area contributed by atoms with Crippen molar-refractivity contribution in [2.45, 2.75) is 13.5 Å². The average molecular weight is 285 g/mol. The van der Waals surface area contributed by atoms with Crippen LogP contribution in [0.5, 0.6) is 5.75 Å². The van der Waals surface area contributed by atoms with Gasteiger partial charge in [-0.25, -0.2) is 0 Å². The van der Waals surface area contributed by atoms with Gasteiger partial charge < -0.3 is 15.4 Å². The molecule has 1 aromatic heterocycles. The fourth-order valence-electron chi connectivity index (χ4n) is 2.08. The molecule has 0 aliphatic rings. The Morgan fingerprint density at radius 3 is 2.62 bits per heavy atom. The number of hydrogen-bond acceptors (Lipinski definition) is 4. The van der Waals surface area contributed by atoms with Gasteiger partial charge in [-0.3, -0.25) is 9.78 Å². The normalized spacial score (nSPS) is 10.2. The van der Waals surface area contributed by atoms with Gasteiger partial charge in [-0.15, -0.1) is 0 Å². The molecule has 0 aliphatic heterocycles. The Labute approximate surface area is 124 Å². The first-order valence-electron chi connectivity index (χ1n) is 6.76. The number of methoxy groups -OCH3 is 1. The molecular weight excluding hydrogens is 266 g/mol. The molecule has 110 valence electrons. The van der Waals surface area contributed by atoms with Crippen molar-refractivity contribution in [1.29, 1.82) is 0 Å². The van der Waals surface area contributed by atoms with E-state index in [2.05, 4.69) is 4.98 Å². The number of pyridine rings is 1. The minimum atomic E-state index is -0.0695. The van der Waals surface area contributed by atoms with Gasteiger partial charge in [-0.2, -0.15) is 0 Å². The van der Waals surface area contributed by atoms with Crippen LogP contribution in [0.2, 0.25) is 0 Å². The quantitative estimate of drug-likeness (QED) is 0.856. The second-order valence-electron chi connectivity index (χ2n) is 4.67. The van der Waals surface area contributed by atoms with E-state index in [4.69, 9.17) is 10.5 Å². The highest BCUT2D eigenvalue weighted by Crippen LogP contribution is 2.20. The number of anilines is 1. The number of ether oxygens (including phenoxy) is 1. The van der Waals surface area contributed by atoms with Crippen molar-refractivity contribution in [3.8, 4) is 5.75 Å². The third kappa shape index (κ3) is 3.72. The lowest BCUT2D eigenvalue weighted by molar-refractivity contribution is 0.0752. The molecule has 1 aromatic carbocycles. The molecule has 0 bridgehead atoms. The number of rotatable bonds is 5. The van der Waals surface area contributed by atoms with E-state index < -0.39 is 0 Å². The molecule has 0 saturated carbocycles. The molecule has 0 aliphatic carbocycles. The highest BCUT2D eigenvalue weighted by atomic mass is 16.5. The Morgan fingerprint density at radius 2 is 2.00 bits per heavy atom. The van der Waals surface area contributed by atoms with Gasteiger partial charge >= 0.3 is 0 Å². The highest BCUT2D eigenvalue weighted by Gasteiger charge is 2.16. The predicted octanol–water partition coefficient (Wildman–Crippen LogP) is 2.33. The number of benzene rings is 1. The van der Waals surface area contributed by atoms with Gasteiger partial charge in [0.1, 0.15) is 5.75 Å². The number of nitrogen functional groups attached to an aromatic ring is 1. The van der Waals surface area contributed by atoms with Crippen molar-refractivity contribution in [2.24, 2.45) is 0 Å². The molecule has 1 amide bonds. The first-order valence-corrected chi connectivity index (χ1v) is 6.76. The van der Waals surface area contributed by atoms with Crippen LogP contribution in [-0.2, 0) is 6.54 Å². The zero-order valence-corrected chi connectivity index (χ0v) is 12.2. The van der Waals surface area contributed by atoms with E-state index in [-0.39, 0.29) is 5.91 Å². The van der Waals surface area contributed by atoms with Gasteiger partial charge in [0.15, 0.2) is 0 Å². The van der Waals surface area contributed by atoms with Crippen LogP contribution >= 0.6 is 0 Å². The van der Waals surface area contributed by atoms with Gasteiger partial charge in [-0.05, 0) is 36.8 Å². The molecule has 0 spiro atoms. The fourth-order valence-corrected chi connectivity index (χ4v) is 2.08. The lowest BCUT2D eigenvalue weighted by Crippen LogP contribution is -2.30. The van der Waals surface area contributed by atoms with Crippen molar-refractivity contribution in [1.82, 2.24) is 9.88 Å². The molecule has 2 aromatic rings. The molecule has 0 atom stereocenters. The molecule has 1 heterocycles. The van der Waals surface area contributed by atoms with Crippen molar-refractivity contribution >= 4 is 11.6 Å². The van der Waals surface area contributed by atoms with E-state index in [9.17, 15) is 4.79 Å². The summed E-state index contributed by atoms with van der Waals surface area (Å²) in [6, 6.07) is 8.86. The number of amides is 1. The minimum absolute atomic E-state index is 0.0695. The second-order valence-corrected chi connectivity index (χ2v) is 4.67. The predicted molar refractivity (Wildman–Crippen MR) is 82.1 cm³/mol.